The van der Waals surface area contributed by atoms with E-state index in [1.165, 1.54) is 0 Å². The molecule has 0 aliphatic heterocycles. The van der Waals surface area contributed by atoms with Crippen molar-refractivity contribution in [2.45, 2.75) is 60.4 Å². The van der Waals surface area contributed by atoms with Crippen LogP contribution in [0.25, 0.3) is 16.9 Å². The molecular weight excluding hydrogens is 436 g/mol. The van der Waals surface area contributed by atoms with Crippen LogP contribution in [0.1, 0.15) is 54.4 Å². The zero-order valence-corrected chi connectivity index (χ0v) is 21.8. The lowest BCUT2D eigenvalue weighted by Gasteiger charge is -2.29. The highest BCUT2D eigenvalue weighted by Crippen LogP contribution is 2.27. The average Bonchev–Trinajstić information content (AvgIpc) is 3.20. The highest BCUT2D eigenvalue weighted by atomic mass is 16.2. The van der Waals surface area contributed by atoms with Gasteiger partial charge in [-0.05, 0) is 43.7 Å². The predicted octanol–water partition coefficient (Wildman–Crippen LogP) is 6.18. The van der Waals surface area contributed by atoms with E-state index < -0.39 is 0 Å². The summed E-state index contributed by atoms with van der Waals surface area (Å²) in [4.78, 5) is 27.9. The van der Waals surface area contributed by atoms with Crippen LogP contribution in [-0.2, 0) is 9.59 Å². The minimum absolute atomic E-state index is 0.000617. The fourth-order valence-corrected chi connectivity index (χ4v) is 4.41. The van der Waals surface area contributed by atoms with Gasteiger partial charge in [0.1, 0.15) is 12.4 Å². The number of rotatable bonds is 9. The molecule has 0 fully saturated rings. The Bertz CT molecular complexity index is 1110. The molecule has 0 bridgehead atoms. The number of hydrogen-bond donors (Lipinski definition) is 1. The van der Waals surface area contributed by atoms with Gasteiger partial charge in [-0.2, -0.15) is 5.10 Å². The van der Waals surface area contributed by atoms with E-state index in [0.717, 1.165) is 23.4 Å². The van der Waals surface area contributed by atoms with Crippen molar-refractivity contribution < 1.29 is 9.59 Å². The van der Waals surface area contributed by atoms with Gasteiger partial charge >= 0.3 is 0 Å². The Morgan fingerprint density at radius 2 is 1.57 bits per heavy atom. The molecule has 1 heterocycles. The Kier molecular flexibility index (Phi) is 8.49. The van der Waals surface area contributed by atoms with Gasteiger partial charge in [0.15, 0.2) is 0 Å². The van der Waals surface area contributed by atoms with E-state index in [9.17, 15) is 9.59 Å². The van der Waals surface area contributed by atoms with Gasteiger partial charge < -0.3 is 10.2 Å². The van der Waals surface area contributed by atoms with Crippen LogP contribution in [0.2, 0.25) is 0 Å². The van der Waals surface area contributed by atoms with Crippen LogP contribution in [0, 0.1) is 11.3 Å². The number of carbonyl (C=O) groups excluding carboxylic acids is 2. The Balaban J connectivity index is 1.78. The molecule has 0 radical (unpaired) electrons. The summed E-state index contributed by atoms with van der Waals surface area (Å²) in [7, 11) is 0. The third-order valence-corrected chi connectivity index (χ3v) is 5.79. The summed E-state index contributed by atoms with van der Waals surface area (Å²) in [5, 5.41) is 7.75. The summed E-state index contributed by atoms with van der Waals surface area (Å²) < 4.78 is 1.73. The summed E-state index contributed by atoms with van der Waals surface area (Å²) in [6.45, 7) is 12.5. The first-order valence-electron chi connectivity index (χ1n) is 12.3. The molecule has 1 aromatic heterocycles. The SMILES string of the molecule is CC(CC(=O)N(CC(=O)Nc1cc(-c2ccccc2)nn1-c1ccccc1)C(C)C)CC(C)(C)C. The third-order valence-electron chi connectivity index (χ3n) is 5.79. The lowest BCUT2D eigenvalue weighted by atomic mass is 9.84. The van der Waals surface area contributed by atoms with Crippen molar-refractivity contribution in [3.05, 3.63) is 66.7 Å². The monoisotopic (exact) mass is 474 g/mol. The molecule has 0 aliphatic rings. The van der Waals surface area contributed by atoms with E-state index in [1.54, 1.807) is 9.58 Å². The van der Waals surface area contributed by atoms with Crippen molar-refractivity contribution in [2.75, 3.05) is 11.9 Å². The summed E-state index contributed by atoms with van der Waals surface area (Å²) >= 11 is 0. The van der Waals surface area contributed by atoms with Gasteiger partial charge in [0.25, 0.3) is 0 Å². The zero-order chi connectivity index (χ0) is 25.6. The van der Waals surface area contributed by atoms with E-state index in [1.807, 2.05) is 80.6 Å². The Hall–Kier alpha value is -3.41. The third kappa shape index (κ3) is 7.54. The number of carbonyl (C=O) groups is 2. The highest BCUT2D eigenvalue weighted by molar-refractivity contribution is 5.94. The van der Waals surface area contributed by atoms with E-state index in [0.29, 0.717) is 12.2 Å². The van der Waals surface area contributed by atoms with Crippen molar-refractivity contribution in [2.24, 2.45) is 11.3 Å². The lowest BCUT2D eigenvalue weighted by Crippen LogP contribution is -2.43. The number of amides is 2. The Morgan fingerprint density at radius 1 is 0.971 bits per heavy atom. The fourth-order valence-electron chi connectivity index (χ4n) is 4.41. The van der Waals surface area contributed by atoms with E-state index in [-0.39, 0.29) is 35.7 Å². The standard InChI is InChI=1S/C29H38N4O2/c1-21(2)32(28(35)17-22(3)19-29(4,5)6)20-27(34)30-26-18-25(23-13-9-7-10-14-23)31-33(26)24-15-11-8-12-16-24/h7-16,18,21-22H,17,19-20H2,1-6H3,(H,30,34). The first kappa shape index (κ1) is 26.2. The van der Waals surface area contributed by atoms with Gasteiger partial charge in [-0.25, -0.2) is 4.68 Å². The molecule has 0 spiro atoms. The molecule has 1 N–H and O–H groups in total. The number of para-hydroxylation sites is 1. The molecule has 3 rings (SSSR count). The number of nitrogens with one attached hydrogen (secondary N) is 1. The highest BCUT2D eigenvalue weighted by Gasteiger charge is 2.25. The summed E-state index contributed by atoms with van der Waals surface area (Å²) in [5.74, 6) is 0.581. The molecule has 186 valence electrons. The summed E-state index contributed by atoms with van der Waals surface area (Å²) in [5.41, 5.74) is 2.73. The summed E-state index contributed by atoms with van der Waals surface area (Å²) in [6.07, 6.45) is 1.39. The van der Waals surface area contributed by atoms with Gasteiger partial charge in [0.2, 0.25) is 11.8 Å². The molecule has 1 unspecified atom stereocenters. The zero-order valence-electron chi connectivity index (χ0n) is 21.8. The van der Waals surface area contributed by atoms with Crippen molar-refractivity contribution >= 4 is 17.6 Å². The maximum Gasteiger partial charge on any atom is 0.245 e. The minimum atomic E-state index is -0.243. The van der Waals surface area contributed by atoms with Crippen LogP contribution in [0.5, 0.6) is 0 Å². The maximum atomic E-state index is 13.1. The number of nitrogens with zero attached hydrogens (tertiary/aromatic N) is 3. The van der Waals surface area contributed by atoms with Crippen LogP contribution in [0.4, 0.5) is 5.82 Å². The van der Waals surface area contributed by atoms with Gasteiger partial charge in [0.05, 0.1) is 11.4 Å². The normalized spacial score (nSPS) is 12.4. The van der Waals surface area contributed by atoms with Gasteiger partial charge in [-0.1, -0.05) is 76.2 Å². The molecule has 0 saturated heterocycles. The van der Waals surface area contributed by atoms with Crippen LogP contribution in [-0.4, -0.2) is 39.1 Å². The summed E-state index contributed by atoms with van der Waals surface area (Å²) in [6, 6.07) is 21.3. The second kappa shape index (κ2) is 11.3. The molecule has 0 aliphatic carbocycles. The van der Waals surface area contributed by atoms with Crippen molar-refractivity contribution in [3.63, 3.8) is 0 Å². The topological polar surface area (TPSA) is 67.2 Å². The minimum Gasteiger partial charge on any atom is -0.331 e. The van der Waals surface area contributed by atoms with Crippen molar-refractivity contribution in [3.8, 4) is 16.9 Å². The van der Waals surface area contributed by atoms with Crippen LogP contribution >= 0.6 is 0 Å². The van der Waals surface area contributed by atoms with Gasteiger partial charge in [-0.15, -0.1) is 0 Å². The Labute approximate surface area is 209 Å². The van der Waals surface area contributed by atoms with Crippen molar-refractivity contribution in [1.29, 1.82) is 0 Å². The number of aromatic nitrogens is 2. The number of anilines is 1. The largest absolute Gasteiger partial charge is 0.331 e. The number of hydrogen-bond acceptors (Lipinski definition) is 3. The number of benzene rings is 2. The molecule has 1 atom stereocenters. The van der Waals surface area contributed by atoms with Crippen LogP contribution < -0.4 is 5.32 Å². The van der Waals surface area contributed by atoms with Crippen molar-refractivity contribution in [1.82, 2.24) is 14.7 Å². The maximum absolute atomic E-state index is 13.1. The van der Waals surface area contributed by atoms with Crippen LogP contribution in [0.15, 0.2) is 66.7 Å². The lowest BCUT2D eigenvalue weighted by molar-refractivity contribution is -0.137. The van der Waals surface area contributed by atoms with E-state index >= 15 is 0 Å². The predicted molar refractivity (Wildman–Crippen MR) is 142 cm³/mol. The fraction of sp³-hybridized carbons (Fsp3) is 0.414. The molecular formula is C29H38N4O2. The smallest absolute Gasteiger partial charge is 0.245 e. The van der Waals surface area contributed by atoms with E-state index in [2.05, 4.69) is 33.0 Å². The Morgan fingerprint density at radius 3 is 2.14 bits per heavy atom. The average molecular weight is 475 g/mol. The van der Waals surface area contributed by atoms with Gasteiger partial charge in [-0.3, -0.25) is 9.59 Å². The van der Waals surface area contributed by atoms with Crippen LogP contribution in [0.3, 0.4) is 0 Å². The molecule has 0 saturated carbocycles. The first-order chi connectivity index (χ1) is 16.5. The molecule has 2 amide bonds. The molecule has 6 heteroatoms. The molecule has 6 nitrogen and oxygen atoms in total. The first-order valence-corrected chi connectivity index (χ1v) is 12.3. The second-order valence-corrected chi connectivity index (χ2v) is 10.8. The quantitative estimate of drug-likeness (QED) is 0.403. The molecule has 2 aromatic carbocycles. The molecule has 3 aromatic rings. The second-order valence-electron chi connectivity index (χ2n) is 10.8. The molecule has 35 heavy (non-hydrogen) atoms. The van der Waals surface area contributed by atoms with Gasteiger partial charge in [0, 0.05) is 24.1 Å². The van der Waals surface area contributed by atoms with E-state index in [4.69, 9.17) is 5.10 Å².